The van der Waals surface area contributed by atoms with Crippen molar-refractivity contribution in [1.29, 1.82) is 0 Å². The predicted molar refractivity (Wildman–Crippen MR) is 148 cm³/mol. The molecule has 3 aromatic carbocycles. The van der Waals surface area contributed by atoms with Gasteiger partial charge in [0.1, 0.15) is 0 Å². The van der Waals surface area contributed by atoms with Crippen molar-refractivity contribution >= 4 is 39.8 Å². The molecule has 182 valence electrons. The molecule has 1 saturated heterocycles. The number of carbonyl (C=O) groups excluding carboxylic acids is 1. The third kappa shape index (κ3) is 5.37. The molecular weight excluding hydrogens is 448 g/mol. The third-order valence-electron chi connectivity index (χ3n) is 6.36. The third-order valence-corrected chi connectivity index (χ3v) is 6.36. The molecule has 7 nitrogen and oxygen atoms in total. The van der Waals surface area contributed by atoms with Gasteiger partial charge >= 0.3 is 0 Å². The minimum atomic E-state index is -0.153. The lowest BCUT2D eigenvalue weighted by Crippen LogP contribution is -2.44. The van der Waals surface area contributed by atoms with E-state index in [1.54, 1.807) is 6.08 Å². The van der Waals surface area contributed by atoms with Crippen molar-refractivity contribution in [3.05, 3.63) is 85.1 Å². The molecule has 2 N–H and O–H groups in total. The number of carbonyl (C=O) groups is 1. The van der Waals surface area contributed by atoms with Crippen molar-refractivity contribution in [1.82, 2.24) is 14.9 Å². The van der Waals surface area contributed by atoms with E-state index in [4.69, 9.17) is 4.98 Å². The molecule has 0 unspecified atom stereocenters. The van der Waals surface area contributed by atoms with Gasteiger partial charge in [0.2, 0.25) is 11.9 Å². The molecule has 7 heteroatoms. The molecule has 5 rings (SSSR count). The normalized spacial score (nSPS) is 14.3. The number of likely N-dealkylation sites (N-methyl/N-ethyl adjacent to an activating group) is 1. The lowest BCUT2D eigenvalue weighted by Gasteiger charge is -2.34. The van der Waals surface area contributed by atoms with Gasteiger partial charge in [-0.1, -0.05) is 36.4 Å². The Bertz CT molecular complexity index is 1390. The number of hydrogen-bond donors (Lipinski definition) is 2. The molecule has 1 aliphatic rings. The number of allylic oxidation sites excluding steroid dienone is 1. The Morgan fingerprint density at radius 1 is 0.944 bits per heavy atom. The standard InChI is InChI=1S/C29H30N6O/c1-3-6-27(36)31-24-9-4-7-21(19-24)26-10-5-8-22-20-30-29(33-28(22)26)32-23-11-13-25(14-12-23)35-17-15-34(2)16-18-35/h3-14,19-20H,15-18H2,1-2H3,(H,31,36)(H,30,32,33)/b6-3+. The molecule has 1 fully saturated rings. The minimum absolute atomic E-state index is 0.153. The monoisotopic (exact) mass is 478 g/mol. The Morgan fingerprint density at radius 3 is 2.50 bits per heavy atom. The highest BCUT2D eigenvalue weighted by atomic mass is 16.1. The number of hydrogen-bond acceptors (Lipinski definition) is 6. The van der Waals surface area contributed by atoms with Crippen molar-refractivity contribution in [3.63, 3.8) is 0 Å². The molecule has 0 radical (unpaired) electrons. The summed E-state index contributed by atoms with van der Waals surface area (Å²) in [6.07, 6.45) is 5.06. The highest BCUT2D eigenvalue weighted by Crippen LogP contribution is 2.30. The Balaban J connectivity index is 1.38. The van der Waals surface area contributed by atoms with Crippen molar-refractivity contribution in [2.45, 2.75) is 6.92 Å². The van der Waals surface area contributed by atoms with Gasteiger partial charge in [-0.3, -0.25) is 4.79 Å². The Kier molecular flexibility index (Phi) is 6.91. The number of rotatable bonds is 6. The summed E-state index contributed by atoms with van der Waals surface area (Å²) in [6, 6.07) is 22.3. The maximum Gasteiger partial charge on any atom is 0.248 e. The van der Waals surface area contributed by atoms with Gasteiger partial charge in [0, 0.05) is 60.4 Å². The van der Waals surface area contributed by atoms with E-state index in [-0.39, 0.29) is 5.91 Å². The fourth-order valence-corrected chi connectivity index (χ4v) is 4.40. The maximum atomic E-state index is 12.0. The Labute approximate surface area is 211 Å². The number of nitrogens with one attached hydrogen (secondary N) is 2. The topological polar surface area (TPSA) is 73.4 Å². The van der Waals surface area contributed by atoms with Crippen LogP contribution in [0.1, 0.15) is 6.92 Å². The van der Waals surface area contributed by atoms with Crippen LogP contribution in [0.2, 0.25) is 0 Å². The minimum Gasteiger partial charge on any atom is -0.369 e. The number of para-hydroxylation sites is 1. The van der Waals surface area contributed by atoms with E-state index in [1.807, 2.05) is 55.6 Å². The van der Waals surface area contributed by atoms with E-state index in [2.05, 4.69) is 56.7 Å². The zero-order valence-corrected chi connectivity index (χ0v) is 20.6. The molecule has 1 amide bonds. The van der Waals surface area contributed by atoms with E-state index in [9.17, 15) is 4.79 Å². The quantitative estimate of drug-likeness (QED) is 0.366. The second-order valence-corrected chi connectivity index (χ2v) is 8.97. The smallest absolute Gasteiger partial charge is 0.248 e. The molecule has 0 atom stereocenters. The molecular formula is C29H30N6O. The first-order valence-corrected chi connectivity index (χ1v) is 12.2. The summed E-state index contributed by atoms with van der Waals surface area (Å²) < 4.78 is 0. The molecule has 2 heterocycles. The van der Waals surface area contributed by atoms with Gasteiger partial charge in [0.15, 0.2) is 0 Å². The summed E-state index contributed by atoms with van der Waals surface area (Å²) in [7, 11) is 2.17. The number of nitrogens with zero attached hydrogens (tertiary/aromatic N) is 4. The van der Waals surface area contributed by atoms with E-state index in [1.165, 1.54) is 11.8 Å². The predicted octanol–water partition coefficient (Wildman–Crippen LogP) is 5.31. The zero-order chi connectivity index (χ0) is 24.9. The van der Waals surface area contributed by atoms with E-state index < -0.39 is 0 Å². The van der Waals surface area contributed by atoms with Gasteiger partial charge in [0.05, 0.1) is 5.52 Å². The Morgan fingerprint density at radius 2 is 1.72 bits per heavy atom. The number of benzene rings is 3. The highest BCUT2D eigenvalue weighted by Gasteiger charge is 2.14. The van der Waals surface area contributed by atoms with Crippen LogP contribution in [-0.4, -0.2) is 54.0 Å². The first kappa shape index (κ1) is 23.5. The van der Waals surface area contributed by atoms with Crippen LogP contribution in [-0.2, 0) is 4.79 Å². The second kappa shape index (κ2) is 10.6. The number of piperazine rings is 1. The molecule has 0 saturated carbocycles. The van der Waals surface area contributed by atoms with E-state index in [0.717, 1.165) is 59.6 Å². The first-order valence-electron chi connectivity index (χ1n) is 12.2. The number of anilines is 4. The summed E-state index contributed by atoms with van der Waals surface area (Å²) in [4.78, 5) is 26.1. The SMILES string of the molecule is C/C=C/C(=O)Nc1cccc(-c2cccc3cnc(Nc4ccc(N5CCN(C)CC5)cc4)nc23)c1. The fraction of sp³-hybridized carbons (Fsp3) is 0.207. The van der Waals surface area contributed by atoms with E-state index >= 15 is 0 Å². The molecule has 0 bridgehead atoms. The van der Waals surface area contributed by atoms with Gasteiger partial charge in [0.25, 0.3) is 0 Å². The lowest BCUT2D eigenvalue weighted by atomic mass is 10.0. The van der Waals surface area contributed by atoms with Crippen LogP contribution in [0, 0.1) is 0 Å². The van der Waals surface area contributed by atoms with Crippen molar-refractivity contribution in [3.8, 4) is 11.1 Å². The highest BCUT2D eigenvalue weighted by molar-refractivity contribution is 6.00. The van der Waals surface area contributed by atoms with Gasteiger partial charge in [-0.15, -0.1) is 0 Å². The van der Waals surface area contributed by atoms with Crippen molar-refractivity contribution in [2.24, 2.45) is 0 Å². The van der Waals surface area contributed by atoms with Crippen LogP contribution in [0.25, 0.3) is 22.0 Å². The van der Waals surface area contributed by atoms with Crippen LogP contribution < -0.4 is 15.5 Å². The van der Waals surface area contributed by atoms with Crippen LogP contribution in [0.15, 0.2) is 85.1 Å². The number of aromatic nitrogens is 2. The lowest BCUT2D eigenvalue weighted by molar-refractivity contribution is -0.111. The zero-order valence-electron chi connectivity index (χ0n) is 20.6. The van der Waals surface area contributed by atoms with Crippen molar-refractivity contribution < 1.29 is 4.79 Å². The van der Waals surface area contributed by atoms with Gasteiger partial charge < -0.3 is 20.4 Å². The van der Waals surface area contributed by atoms with E-state index in [0.29, 0.717) is 5.95 Å². The first-order chi connectivity index (χ1) is 17.6. The van der Waals surface area contributed by atoms with Crippen LogP contribution in [0.3, 0.4) is 0 Å². The molecule has 4 aromatic rings. The van der Waals surface area contributed by atoms with Gasteiger partial charge in [-0.25, -0.2) is 9.97 Å². The number of fused-ring (bicyclic) bond motifs is 1. The molecule has 1 aromatic heterocycles. The summed E-state index contributed by atoms with van der Waals surface area (Å²) >= 11 is 0. The molecule has 36 heavy (non-hydrogen) atoms. The second-order valence-electron chi connectivity index (χ2n) is 8.97. The largest absolute Gasteiger partial charge is 0.369 e. The van der Waals surface area contributed by atoms with Crippen LogP contribution >= 0.6 is 0 Å². The van der Waals surface area contributed by atoms with Gasteiger partial charge in [-0.05, 0) is 62.0 Å². The summed E-state index contributed by atoms with van der Waals surface area (Å²) in [5.41, 5.74) is 5.71. The van der Waals surface area contributed by atoms with Crippen molar-refractivity contribution in [2.75, 3.05) is 48.8 Å². The maximum absolute atomic E-state index is 12.0. The van der Waals surface area contributed by atoms with Gasteiger partial charge in [-0.2, -0.15) is 0 Å². The summed E-state index contributed by atoms with van der Waals surface area (Å²) in [6.45, 7) is 6.07. The van der Waals surface area contributed by atoms with Crippen LogP contribution in [0.4, 0.5) is 23.0 Å². The average Bonchev–Trinajstić information content (AvgIpc) is 2.89. The fourth-order valence-electron chi connectivity index (χ4n) is 4.40. The molecule has 0 aliphatic carbocycles. The number of amides is 1. The summed E-state index contributed by atoms with van der Waals surface area (Å²) in [5, 5.41) is 7.20. The van der Waals surface area contributed by atoms with Crippen LogP contribution in [0.5, 0.6) is 0 Å². The molecule has 1 aliphatic heterocycles. The average molecular weight is 479 g/mol. The summed E-state index contributed by atoms with van der Waals surface area (Å²) in [5.74, 6) is 0.389. The Hall–Kier alpha value is -4.23. The molecule has 0 spiro atoms.